The zero-order chi connectivity index (χ0) is 16.2. The van der Waals surface area contributed by atoms with Crippen LogP contribution in [0, 0.1) is 5.82 Å². The summed E-state index contributed by atoms with van der Waals surface area (Å²) in [6.07, 6.45) is 3.30. The SMILES string of the molecule is O=C(C/C=C/c1ccccc1F)NC1c2ccccc2CC1O. The third kappa shape index (κ3) is 3.48. The monoisotopic (exact) mass is 311 g/mol. The van der Waals surface area contributed by atoms with Crippen molar-refractivity contribution < 1.29 is 14.3 Å². The first-order chi connectivity index (χ1) is 11.1. The van der Waals surface area contributed by atoms with Crippen LogP contribution in [0.3, 0.4) is 0 Å². The Morgan fingerprint density at radius 3 is 2.78 bits per heavy atom. The maximum atomic E-state index is 13.5. The van der Waals surface area contributed by atoms with Crippen LogP contribution in [0.2, 0.25) is 0 Å². The number of carbonyl (C=O) groups is 1. The molecule has 0 bridgehead atoms. The van der Waals surface area contributed by atoms with Crippen molar-refractivity contribution in [2.24, 2.45) is 0 Å². The number of nitrogens with one attached hydrogen (secondary N) is 1. The summed E-state index contributed by atoms with van der Waals surface area (Å²) >= 11 is 0. The lowest BCUT2D eigenvalue weighted by Gasteiger charge is -2.17. The number of aliphatic hydroxyl groups is 1. The molecule has 0 saturated carbocycles. The van der Waals surface area contributed by atoms with Gasteiger partial charge in [-0.15, -0.1) is 0 Å². The van der Waals surface area contributed by atoms with Crippen molar-refractivity contribution in [2.45, 2.75) is 25.0 Å². The van der Waals surface area contributed by atoms with Gasteiger partial charge in [0.1, 0.15) is 5.82 Å². The Hall–Kier alpha value is -2.46. The third-order valence-corrected chi connectivity index (χ3v) is 4.03. The minimum Gasteiger partial charge on any atom is -0.390 e. The van der Waals surface area contributed by atoms with Gasteiger partial charge in [-0.2, -0.15) is 0 Å². The molecule has 0 saturated heterocycles. The second-order valence-corrected chi connectivity index (χ2v) is 5.64. The fourth-order valence-corrected chi connectivity index (χ4v) is 2.88. The second kappa shape index (κ2) is 6.75. The summed E-state index contributed by atoms with van der Waals surface area (Å²) in [6.45, 7) is 0. The molecule has 4 heteroatoms. The minimum absolute atomic E-state index is 0.139. The van der Waals surface area contributed by atoms with Gasteiger partial charge < -0.3 is 10.4 Å². The maximum absolute atomic E-state index is 13.5. The van der Waals surface area contributed by atoms with Gasteiger partial charge in [0.05, 0.1) is 12.1 Å². The van der Waals surface area contributed by atoms with Gasteiger partial charge in [-0.25, -0.2) is 4.39 Å². The Morgan fingerprint density at radius 1 is 1.22 bits per heavy atom. The molecule has 2 aromatic rings. The van der Waals surface area contributed by atoms with Crippen LogP contribution in [0.25, 0.3) is 6.08 Å². The van der Waals surface area contributed by atoms with Crippen LogP contribution in [0.15, 0.2) is 54.6 Å². The average Bonchev–Trinajstić information content (AvgIpc) is 2.85. The fourth-order valence-electron chi connectivity index (χ4n) is 2.88. The summed E-state index contributed by atoms with van der Waals surface area (Å²) in [6, 6.07) is 13.7. The van der Waals surface area contributed by atoms with Crippen LogP contribution in [-0.4, -0.2) is 17.1 Å². The highest BCUT2D eigenvalue weighted by Crippen LogP contribution is 2.31. The van der Waals surface area contributed by atoms with Gasteiger partial charge in [-0.05, 0) is 17.2 Å². The van der Waals surface area contributed by atoms with Gasteiger partial charge in [0.15, 0.2) is 0 Å². The van der Waals surface area contributed by atoms with Gasteiger partial charge in [0.2, 0.25) is 5.91 Å². The highest BCUT2D eigenvalue weighted by Gasteiger charge is 2.31. The molecule has 3 nitrogen and oxygen atoms in total. The van der Waals surface area contributed by atoms with Gasteiger partial charge >= 0.3 is 0 Å². The first-order valence-corrected chi connectivity index (χ1v) is 7.61. The van der Waals surface area contributed by atoms with E-state index in [9.17, 15) is 14.3 Å². The Kier molecular flexibility index (Phi) is 4.53. The molecule has 3 rings (SSSR count). The number of carbonyl (C=O) groups excluding carboxylic acids is 1. The molecule has 1 amide bonds. The van der Waals surface area contributed by atoms with Crippen LogP contribution in [-0.2, 0) is 11.2 Å². The summed E-state index contributed by atoms with van der Waals surface area (Å²) in [5, 5.41) is 13.0. The lowest BCUT2D eigenvalue weighted by atomic mass is 10.1. The van der Waals surface area contributed by atoms with Gasteiger partial charge in [-0.3, -0.25) is 4.79 Å². The molecule has 1 aliphatic carbocycles. The van der Waals surface area contributed by atoms with Gasteiger partial charge in [-0.1, -0.05) is 54.6 Å². The highest BCUT2D eigenvalue weighted by atomic mass is 19.1. The van der Waals surface area contributed by atoms with E-state index in [4.69, 9.17) is 0 Å². The molecule has 2 unspecified atom stereocenters. The predicted octanol–water partition coefficient (Wildman–Crippen LogP) is 3.00. The number of amides is 1. The van der Waals surface area contributed by atoms with E-state index in [0.29, 0.717) is 12.0 Å². The first kappa shape index (κ1) is 15.4. The third-order valence-electron chi connectivity index (χ3n) is 4.03. The lowest BCUT2D eigenvalue weighted by Crippen LogP contribution is -2.33. The second-order valence-electron chi connectivity index (χ2n) is 5.64. The van der Waals surface area contributed by atoms with E-state index in [0.717, 1.165) is 11.1 Å². The van der Waals surface area contributed by atoms with E-state index in [2.05, 4.69) is 5.32 Å². The summed E-state index contributed by atoms with van der Waals surface area (Å²) in [7, 11) is 0. The molecular formula is C19H18FNO2. The molecule has 118 valence electrons. The molecule has 0 heterocycles. The van der Waals surface area contributed by atoms with Gasteiger partial charge in [0, 0.05) is 18.4 Å². The minimum atomic E-state index is -0.605. The Labute approximate surface area is 134 Å². The van der Waals surface area contributed by atoms with E-state index < -0.39 is 6.10 Å². The molecule has 0 aliphatic heterocycles. The van der Waals surface area contributed by atoms with E-state index in [1.165, 1.54) is 6.07 Å². The fraction of sp³-hybridized carbons (Fsp3) is 0.211. The highest BCUT2D eigenvalue weighted by molar-refractivity contribution is 5.79. The lowest BCUT2D eigenvalue weighted by molar-refractivity contribution is -0.121. The number of halogens is 1. The van der Waals surface area contributed by atoms with Crippen molar-refractivity contribution in [3.63, 3.8) is 0 Å². The van der Waals surface area contributed by atoms with Crippen molar-refractivity contribution in [2.75, 3.05) is 0 Å². The van der Waals surface area contributed by atoms with Crippen molar-refractivity contribution in [3.05, 3.63) is 77.1 Å². The average molecular weight is 311 g/mol. The van der Waals surface area contributed by atoms with E-state index in [1.54, 1.807) is 30.4 Å². The summed E-state index contributed by atoms with van der Waals surface area (Å²) in [4.78, 5) is 12.1. The standard InChI is InChI=1S/C19H18FNO2/c20-16-10-4-2-6-13(16)8-5-11-18(23)21-19-15-9-3-1-7-14(15)12-17(19)22/h1-10,17,19,22H,11-12H2,(H,21,23)/b8-5+. The summed E-state index contributed by atoms with van der Waals surface area (Å²) in [5.41, 5.74) is 2.48. The molecule has 2 aromatic carbocycles. The molecule has 1 aliphatic rings. The van der Waals surface area contributed by atoms with Crippen LogP contribution in [0.4, 0.5) is 4.39 Å². The first-order valence-electron chi connectivity index (χ1n) is 7.61. The molecule has 0 aromatic heterocycles. The molecule has 2 atom stereocenters. The van der Waals surface area contributed by atoms with Crippen LogP contribution < -0.4 is 5.32 Å². The zero-order valence-electron chi connectivity index (χ0n) is 12.6. The normalized spacial score (nSPS) is 19.7. The van der Waals surface area contributed by atoms with Crippen LogP contribution >= 0.6 is 0 Å². The van der Waals surface area contributed by atoms with Crippen molar-refractivity contribution >= 4 is 12.0 Å². The van der Waals surface area contributed by atoms with Crippen molar-refractivity contribution in [1.82, 2.24) is 5.32 Å². The Bertz CT molecular complexity index is 742. The maximum Gasteiger partial charge on any atom is 0.224 e. The molecule has 0 radical (unpaired) electrons. The van der Waals surface area contributed by atoms with Crippen molar-refractivity contribution in [1.29, 1.82) is 0 Å². The number of aliphatic hydroxyl groups excluding tert-OH is 1. The molecular weight excluding hydrogens is 293 g/mol. The summed E-state index contributed by atoms with van der Waals surface area (Å²) in [5.74, 6) is -0.511. The zero-order valence-corrected chi connectivity index (χ0v) is 12.6. The van der Waals surface area contributed by atoms with Crippen LogP contribution in [0.1, 0.15) is 29.2 Å². The number of fused-ring (bicyclic) bond motifs is 1. The molecule has 2 N–H and O–H groups in total. The number of benzene rings is 2. The van der Waals surface area contributed by atoms with Crippen LogP contribution in [0.5, 0.6) is 0 Å². The quantitative estimate of drug-likeness (QED) is 0.912. The smallest absolute Gasteiger partial charge is 0.224 e. The largest absolute Gasteiger partial charge is 0.390 e. The topological polar surface area (TPSA) is 49.3 Å². The van der Waals surface area contributed by atoms with E-state index >= 15 is 0 Å². The van der Waals surface area contributed by atoms with Crippen molar-refractivity contribution in [3.8, 4) is 0 Å². The Balaban J connectivity index is 1.61. The number of hydrogen-bond donors (Lipinski definition) is 2. The molecule has 23 heavy (non-hydrogen) atoms. The summed E-state index contributed by atoms with van der Waals surface area (Å²) < 4.78 is 13.5. The van der Waals surface area contributed by atoms with E-state index in [1.807, 2.05) is 24.3 Å². The number of hydrogen-bond acceptors (Lipinski definition) is 2. The van der Waals surface area contributed by atoms with Gasteiger partial charge in [0.25, 0.3) is 0 Å². The Morgan fingerprint density at radius 2 is 1.96 bits per heavy atom. The molecule has 0 spiro atoms. The van der Waals surface area contributed by atoms with E-state index in [-0.39, 0.29) is 24.2 Å². The number of rotatable bonds is 4. The molecule has 0 fully saturated rings. The predicted molar refractivity (Wildman–Crippen MR) is 87.1 cm³/mol.